The highest BCUT2D eigenvalue weighted by molar-refractivity contribution is 7.88. The number of hydrogen-bond donors (Lipinski definition) is 4. The van der Waals surface area contributed by atoms with Gasteiger partial charge in [0.15, 0.2) is 6.29 Å². The van der Waals surface area contributed by atoms with Crippen LogP contribution in [0.3, 0.4) is 0 Å². The normalized spacial score (nSPS) is 12.0. The van der Waals surface area contributed by atoms with E-state index >= 15 is 0 Å². The van der Waals surface area contributed by atoms with Gasteiger partial charge in [0.2, 0.25) is 0 Å². The molecule has 4 N–H and O–H groups in total. The van der Waals surface area contributed by atoms with Gasteiger partial charge in [-0.15, -0.1) is 0 Å². The molecule has 19 heteroatoms. The number of halogens is 6. The lowest BCUT2D eigenvalue weighted by Crippen LogP contribution is -2.28. The van der Waals surface area contributed by atoms with Crippen LogP contribution in [0.15, 0.2) is 103 Å². The van der Waals surface area contributed by atoms with Crippen LogP contribution in [0.25, 0.3) is 32.3 Å². The van der Waals surface area contributed by atoms with Crippen molar-refractivity contribution >= 4 is 58.8 Å². The van der Waals surface area contributed by atoms with Crippen molar-refractivity contribution in [3.8, 4) is 34.5 Å². The maximum Gasteiger partial charge on any atom is 0.534 e. The van der Waals surface area contributed by atoms with Gasteiger partial charge in [-0.25, -0.2) is 0 Å². The average molecular weight is 773 g/mol. The van der Waals surface area contributed by atoms with Gasteiger partial charge in [-0.2, -0.15) is 43.2 Å². The van der Waals surface area contributed by atoms with Gasteiger partial charge in [0.25, 0.3) is 0 Å². The Labute approximate surface area is 289 Å². The Morgan fingerprint density at radius 1 is 0.481 bits per heavy atom. The standard InChI is InChI=1S/C12H7F3O5S.C11H7F3O4S.C10H8O2/c13-12(14,15)21(18,19)20-8-3-1-7-2-4-11(17)10(6-16)9(7)5-8;12-11(13,14)19(16,17)18-10-4-2-7-1-3-9(15)5-8(7)6-10;11-9-3-1-7-2-4-10(12)6-8(7)5-9/h1-6,17H;1-6,15H;1-6,11-12H. The topological polar surface area (TPSA) is 185 Å². The molecule has 0 atom stereocenters. The summed E-state index contributed by atoms with van der Waals surface area (Å²) >= 11 is 0. The highest BCUT2D eigenvalue weighted by atomic mass is 32.2. The second-order valence-corrected chi connectivity index (χ2v) is 13.5. The van der Waals surface area contributed by atoms with Crippen LogP contribution in [0.5, 0.6) is 34.5 Å². The third-order valence-corrected chi connectivity index (χ3v) is 8.67. The summed E-state index contributed by atoms with van der Waals surface area (Å²) in [6, 6.07) is 23.8. The molecule has 0 fully saturated rings. The molecule has 11 nitrogen and oxygen atoms in total. The first-order valence-electron chi connectivity index (χ1n) is 14.0. The molecule has 0 saturated carbocycles. The molecule has 0 spiro atoms. The molecule has 6 rings (SSSR count). The molecule has 0 aliphatic rings. The highest BCUT2D eigenvalue weighted by Gasteiger charge is 2.49. The molecule has 0 bridgehead atoms. The maximum atomic E-state index is 12.2. The molecule has 0 aliphatic heterocycles. The molecule has 0 amide bonds. The monoisotopic (exact) mass is 772 g/mol. The predicted octanol–water partition coefficient (Wildman–Crippen LogP) is 7.61. The zero-order valence-corrected chi connectivity index (χ0v) is 27.3. The summed E-state index contributed by atoms with van der Waals surface area (Å²) in [5, 5.41) is 40.3. The van der Waals surface area contributed by atoms with Crippen LogP contribution in [0.2, 0.25) is 0 Å². The number of carbonyl (C=O) groups excluding carboxylic acids is 1. The van der Waals surface area contributed by atoms with Crippen molar-refractivity contribution in [3.05, 3.63) is 109 Å². The third-order valence-electron chi connectivity index (χ3n) is 6.71. The molecule has 52 heavy (non-hydrogen) atoms. The molecule has 0 aromatic heterocycles. The quantitative estimate of drug-likeness (QED) is 0.0585. The van der Waals surface area contributed by atoms with E-state index in [2.05, 4.69) is 8.37 Å². The van der Waals surface area contributed by atoms with Gasteiger partial charge in [0, 0.05) is 0 Å². The van der Waals surface area contributed by atoms with E-state index in [1.807, 2.05) is 12.1 Å². The summed E-state index contributed by atoms with van der Waals surface area (Å²) in [4.78, 5) is 10.9. The van der Waals surface area contributed by atoms with Crippen molar-refractivity contribution in [2.24, 2.45) is 0 Å². The predicted molar refractivity (Wildman–Crippen MR) is 175 cm³/mol. The second-order valence-electron chi connectivity index (χ2n) is 10.4. The Morgan fingerprint density at radius 2 is 0.846 bits per heavy atom. The summed E-state index contributed by atoms with van der Waals surface area (Å²) in [7, 11) is -11.5. The number of phenolic OH excluding ortho intramolecular Hbond substituents is 4. The summed E-state index contributed by atoms with van der Waals surface area (Å²) in [6.45, 7) is 0. The van der Waals surface area contributed by atoms with Gasteiger partial charge < -0.3 is 28.8 Å². The Balaban J connectivity index is 0.000000180. The molecule has 6 aromatic rings. The minimum Gasteiger partial charge on any atom is -0.508 e. The van der Waals surface area contributed by atoms with Crippen LogP contribution in [-0.2, 0) is 20.2 Å². The molecule has 6 aromatic carbocycles. The summed E-state index contributed by atoms with van der Waals surface area (Å²) in [5.74, 6) is -1.14. The minimum absolute atomic E-state index is 0.0693. The number of benzene rings is 6. The van der Waals surface area contributed by atoms with Crippen LogP contribution in [0, 0.1) is 0 Å². The Morgan fingerprint density at radius 3 is 1.27 bits per heavy atom. The lowest BCUT2D eigenvalue weighted by atomic mass is 10.0. The first-order chi connectivity index (χ1) is 24.1. The fourth-order valence-electron chi connectivity index (χ4n) is 4.32. The lowest BCUT2D eigenvalue weighted by molar-refractivity contribution is -0.0504. The zero-order valence-electron chi connectivity index (χ0n) is 25.6. The smallest absolute Gasteiger partial charge is 0.508 e. The van der Waals surface area contributed by atoms with Gasteiger partial charge in [0.1, 0.15) is 34.5 Å². The van der Waals surface area contributed by atoms with Gasteiger partial charge >= 0.3 is 31.3 Å². The van der Waals surface area contributed by atoms with E-state index in [1.54, 1.807) is 24.3 Å². The summed E-state index contributed by atoms with van der Waals surface area (Å²) in [6.07, 6.45) is 0.305. The SMILES string of the molecule is O=Cc1c(O)ccc2ccc(OS(=O)(=O)C(F)(F)F)cc12.O=S(=O)(Oc1ccc2ccc(O)cc2c1)C(F)(F)F.Oc1ccc2ccc(O)cc2c1. The highest BCUT2D eigenvalue weighted by Crippen LogP contribution is 2.33. The maximum absolute atomic E-state index is 12.2. The van der Waals surface area contributed by atoms with E-state index in [4.69, 9.17) is 10.2 Å². The first kappa shape index (κ1) is 38.8. The van der Waals surface area contributed by atoms with Crippen molar-refractivity contribution in [1.29, 1.82) is 0 Å². The van der Waals surface area contributed by atoms with Crippen LogP contribution in [0.1, 0.15) is 10.4 Å². The van der Waals surface area contributed by atoms with Crippen molar-refractivity contribution < 1.29 is 76.8 Å². The van der Waals surface area contributed by atoms with E-state index in [0.29, 0.717) is 22.4 Å². The van der Waals surface area contributed by atoms with Crippen LogP contribution in [-0.4, -0.2) is 54.6 Å². The molecular weight excluding hydrogens is 750 g/mol. The van der Waals surface area contributed by atoms with E-state index in [9.17, 15) is 58.2 Å². The van der Waals surface area contributed by atoms with E-state index < -0.39 is 42.8 Å². The van der Waals surface area contributed by atoms with Gasteiger partial charge in [-0.05, 0) is 99.0 Å². The largest absolute Gasteiger partial charge is 0.534 e. The van der Waals surface area contributed by atoms with Crippen LogP contribution >= 0.6 is 0 Å². The number of alkyl halides is 6. The summed E-state index contributed by atoms with van der Waals surface area (Å²) in [5.41, 5.74) is -11.2. The average Bonchev–Trinajstić information content (AvgIpc) is 3.03. The number of aldehydes is 1. The number of phenols is 4. The van der Waals surface area contributed by atoms with E-state index in [0.717, 1.165) is 35.0 Å². The Hall–Kier alpha value is -5.95. The van der Waals surface area contributed by atoms with Gasteiger partial charge in [-0.3, -0.25) is 4.79 Å². The zero-order chi connectivity index (χ0) is 38.6. The van der Waals surface area contributed by atoms with Crippen LogP contribution in [0.4, 0.5) is 26.3 Å². The fourth-order valence-corrected chi connectivity index (χ4v) is 5.22. The van der Waals surface area contributed by atoms with E-state index in [1.165, 1.54) is 42.5 Å². The number of hydrogen-bond acceptors (Lipinski definition) is 11. The van der Waals surface area contributed by atoms with Crippen molar-refractivity contribution in [3.63, 3.8) is 0 Å². The molecule has 0 saturated heterocycles. The molecule has 0 radical (unpaired) electrons. The van der Waals surface area contributed by atoms with Crippen LogP contribution < -0.4 is 8.37 Å². The number of fused-ring (bicyclic) bond motifs is 3. The molecule has 274 valence electrons. The molecule has 0 unspecified atom stereocenters. The van der Waals surface area contributed by atoms with Crippen molar-refractivity contribution in [2.45, 2.75) is 11.0 Å². The molecule has 0 aliphatic carbocycles. The Kier molecular flexibility index (Phi) is 11.0. The number of aromatic hydroxyl groups is 4. The number of carbonyl (C=O) groups is 1. The van der Waals surface area contributed by atoms with Gasteiger partial charge in [-0.1, -0.05) is 36.4 Å². The minimum atomic E-state index is -5.80. The number of rotatable bonds is 5. The third kappa shape index (κ3) is 9.23. The molecular formula is C33H22F6O11S2. The lowest BCUT2D eigenvalue weighted by Gasteiger charge is -2.10. The van der Waals surface area contributed by atoms with Crippen molar-refractivity contribution in [2.75, 3.05) is 0 Å². The Bertz CT molecular complexity index is 2460. The first-order valence-corrected chi connectivity index (χ1v) is 16.8. The van der Waals surface area contributed by atoms with Crippen molar-refractivity contribution in [1.82, 2.24) is 0 Å². The van der Waals surface area contributed by atoms with E-state index in [-0.39, 0.29) is 33.9 Å². The summed E-state index contributed by atoms with van der Waals surface area (Å²) < 4.78 is 125. The fraction of sp³-hybridized carbons (Fsp3) is 0.0606. The second kappa shape index (κ2) is 14.7. The molecule has 0 heterocycles. The van der Waals surface area contributed by atoms with Gasteiger partial charge in [0.05, 0.1) is 5.56 Å².